The maximum atomic E-state index is 5.10. The predicted molar refractivity (Wildman–Crippen MR) is 136 cm³/mol. The number of pyridine rings is 3. The monoisotopic (exact) mass is 423 g/mol. The van der Waals surface area contributed by atoms with Crippen LogP contribution < -0.4 is 0 Å². The van der Waals surface area contributed by atoms with Gasteiger partial charge in [0.15, 0.2) is 0 Å². The molecule has 6 aromatic rings. The molecule has 3 aromatic carbocycles. The first-order valence-corrected chi connectivity index (χ1v) is 11.0. The maximum Gasteiger partial charge on any atom is 0.0795 e. The molecule has 3 heterocycles. The lowest BCUT2D eigenvalue weighted by atomic mass is 9.97. The van der Waals surface area contributed by atoms with Crippen LogP contribution in [-0.4, -0.2) is 15.0 Å². The third-order valence-corrected chi connectivity index (χ3v) is 6.03. The number of fused-ring (bicyclic) bond motifs is 2. The molecule has 0 radical (unpaired) electrons. The molecule has 0 aliphatic rings. The van der Waals surface area contributed by atoms with Crippen LogP contribution in [0.1, 0.15) is 5.56 Å². The lowest BCUT2D eigenvalue weighted by molar-refractivity contribution is 1.31. The van der Waals surface area contributed by atoms with Crippen molar-refractivity contribution in [1.29, 1.82) is 0 Å². The number of nitrogens with zero attached hydrogens (tertiary/aromatic N) is 3. The molecule has 6 rings (SSSR count). The SMILES string of the molecule is Cc1ccc(-c2cc(-c3cccc4cccnc34)cc(-c3cccc4cccnc34)n2)cc1. The van der Waals surface area contributed by atoms with Crippen LogP contribution in [0.25, 0.3) is 55.4 Å². The first kappa shape index (κ1) is 19.3. The van der Waals surface area contributed by atoms with Gasteiger partial charge in [-0.15, -0.1) is 0 Å². The van der Waals surface area contributed by atoms with Crippen LogP contribution >= 0.6 is 0 Å². The molecular formula is C30H21N3. The summed E-state index contributed by atoms with van der Waals surface area (Å²) >= 11 is 0. The molecule has 0 spiro atoms. The average Bonchev–Trinajstić information content (AvgIpc) is 2.88. The number of hydrogen-bond donors (Lipinski definition) is 0. The normalized spacial score (nSPS) is 11.2. The Kier molecular flexibility index (Phi) is 4.66. The van der Waals surface area contributed by atoms with Gasteiger partial charge in [0.1, 0.15) is 0 Å². The molecule has 3 aromatic heterocycles. The minimum absolute atomic E-state index is 0.903. The van der Waals surface area contributed by atoms with Crippen molar-refractivity contribution in [1.82, 2.24) is 15.0 Å². The first-order valence-electron chi connectivity index (χ1n) is 11.0. The van der Waals surface area contributed by atoms with Crippen LogP contribution in [-0.2, 0) is 0 Å². The van der Waals surface area contributed by atoms with E-state index in [0.29, 0.717) is 0 Å². The third-order valence-electron chi connectivity index (χ3n) is 6.03. The average molecular weight is 424 g/mol. The Morgan fingerprint density at radius 1 is 0.515 bits per heavy atom. The van der Waals surface area contributed by atoms with Gasteiger partial charge in [-0.25, -0.2) is 4.98 Å². The third kappa shape index (κ3) is 3.54. The smallest absolute Gasteiger partial charge is 0.0795 e. The fourth-order valence-corrected chi connectivity index (χ4v) is 4.34. The zero-order valence-electron chi connectivity index (χ0n) is 18.2. The Balaban J connectivity index is 1.64. The van der Waals surface area contributed by atoms with Gasteiger partial charge in [0.05, 0.1) is 22.4 Å². The second-order valence-corrected chi connectivity index (χ2v) is 8.25. The lowest BCUT2D eigenvalue weighted by Crippen LogP contribution is -1.94. The minimum Gasteiger partial charge on any atom is -0.256 e. The standard InChI is InChI=1S/C30H21N3/c1-20-12-14-21(15-13-20)27-18-24(25-10-2-6-22-8-4-16-31-29(22)25)19-28(33-27)26-11-3-7-23-9-5-17-32-30(23)26/h2-19H,1H3. The molecule has 0 fully saturated rings. The number of para-hydroxylation sites is 2. The van der Waals surface area contributed by atoms with Gasteiger partial charge in [0.25, 0.3) is 0 Å². The van der Waals surface area contributed by atoms with Gasteiger partial charge in [-0.05, 0) is 36.8 Å². The van der Waals surface area contributed by atoms with Crippen molar-refractivity contribution >= 4 is 21.8 Å². The summed E-state index contributed by atoms with van der Waals surface area (Å²) in [5.41, 5.74) is 9.31. The fraction of sp³-hybridized carbons (Fsp3) is 0.0333. The molecule has 0 atom stereocenters. The second kappa shape index (κ2) is 7.95. The number of benzene rings is 3. The first-order chi connectivity index (χ1) is 16.3. The molecular weight excluding hydrogens is 402 g/mol. The van der Waals surface area contributed by atoms with E-state index >= 15 is 0 Å². The van der Waals surface area contributed by atoms with Gasteiger partial charge < -0.3 is 0 Å². The van der Waals surface area contributed by atoms with Crippen molar-refractivity contribution in [3.05, 3.63) is 115 Å². The molecule has 0 aliphatic heterocycles. The molecule has 0 amide bonds. The van der Waals surface area contributed by atoms with Gasteiger partial charge in [-0.1, -0.05) is 78.4 Å². The zero-order valence-corrected chi connectivity index (χ0v) is 18.2. The Bertz CT molecular complexity index is 1510. The van der Waals surface area contributed by atoms with E-state index in [2.05, 4.69) is 96.8 Å². The van der Waals surface area contributed by atoms with Gasteiger partial charge in [0, 0.05) is 39.9 Å². The van der Waals surface area contributed by atoms with Crippen molar-refractivity contribution in [3.63, 3.8) is 0 Å². The highest BCUT2D eigenvalue weighted by molar-refractivity contribution is 5.97. The van der Waals surface area contributed by atoms with Crippen LogP contribution in [0.5, 0.6) is 0 Å². The summed E-state index contributed by atoms with van der Waals surface area (Å²) in [6.45, 7) is 2.10. The van der Waals surface area contributed by atoms with Crippen molar-refractivity contribution in [2.24, 2.45) is 0 Å². The Morgan fingerprint density at radius 3 is 1.79 bits per heavy atom. The van der Waals surface area contributed by atoms with Gasteiger partial charge in [-0.2, -0.15) is 0 Å². The summed E-state index contributed by atoms with van der Waals surface area (Å²) in [5.74, 6) is 0. The van der Waals surface area contributed by atoms with Crippen molar-refractivity contribution in [2.45, 2.75) is 6.92 Å². The fourth-order valence-electron chi connectivity index (χ4n) is 4.34. The van der Waals surface area contributed by atoms with E-state index in [4.69, 9.17) is 9.97 Å². The van der Waals surface area contributed by atoms with Gasteiger partial charge in [0.2, 0.25) is 0 Å². The summed E-state index contributed by atoms with van der Waals surface area (Å²) in [6.07, 6.45) is 3.69. The minimum atomic E-state index is 0.903. The summed E-state index contributed by atoms with van der Waals surface area (Å²) in [6, 6.07) is 33.6. The van der Waals surface area contributed by atoms with Crippen LogP contribution in [0.2, 0.25) is 0 Å². The molecule has 0 unspecified atom stereocenters. The Labute approximate surface area is 192 Å². The zero-order chi connectivity index (χ0) is 22.2. The van der Waals surface area contributed by atoms with E-state index in [9.17, 15) is 0 Å². The van der Waals surface area contributed by atoms with Crippen LogP contribution in [0.3, 0.4) is 0 Å². The molecule has 33 heavy (non-hydrogen) atoms. The largest absolute Gasteiger partial charge is 0.256 e. The number of hydrogen-bond acceptors (Lipinski definition) is 3. The lowest BCUT2D eigenvalue weighted by Gasteiger charge is -2.13. The summed E-state index contributed by atoms with van der Waals surface area (Å²) in [7, 11) is 0. The highest BCUT2D eigenvalue weighted by atomic mass is 14.7. The Morgan fingerprint density at radius 2 is 1.09 bits per heavy atom. The molecule has 0 aliphatic carbocycles. The number of aryl methyl sites for hydroxylation is 1. The number of aromatic nitrogens is 3. The van der Waals surface area contributed by atoms with Crippen LogP contribution in [0, 0.1) is 6.92 Å². The summed E-state index contributed by atoms with van der Waals surface area (Å²) < 4.78 is 0. The van der Waals surface area contributed by atoms with Gasteiger partial charge in [-0.3, -0.25) is 9.97 Å². The van der Waals surface area contributed by atoms with Gasteiger partial charge >= 0.3 is 0 Å². The highest BCUT2D eigenvalue weighted by Crippen LogP contribution is 2.35. The molecule has 0 bridgehead atoms. The van der Waals surface area contributed by atoms with E-state index in [1.54, 1.807) is 0 Å². The van der Waals surface area contributed by atoms with E-state index in [-0.39, 0.29) is 0 Å². The maximum absolute atomic E-state index is 5.10. The second-order valence-electron chi connectivity index (χ2n) is 8.25. The summed E-state index contributed by atoms with van der Waals surface area (Å²) in [5, 5.41) is 2.22. The van der Waals surface area contributed by atoms with Crippen molar-refractivity contribution in [2.75, 3.05) is 0 Å². The topological polar surface area (TPSA) is 38.7 Å². The van der Waals surface area contributed by atoms with Crippen LogP contribution in [0.15, 0.2) is 109 Å². The molecule has 0 N–H and O–H groups in total. The highest BCUT2D eigenvalue weighted by Gasteiger charge is 2.13. The van der Waals surface area contributed by atoms with Crippen molar-refractivity contribution in [3.8, 4) is 33.6 Å². The quantitative estimate of drug-likeness (QED) is 0.296. The molecule has 3 heteroatoms. The predicted octanol–water partition coefficient (Wildman–Crippen LogP) is 7.49. The van der Waals surface area contributed by atoms with E-state index < -0.39 is 0 Å². The van der Waals surface area contributed by atoms with Crippen molar-refractivity contribution < 1.29 is 0 Å². The molecule has 156 valence electrons. The van der Waals surface area contributed by atoms with Crippen LogP contribution in [0.4, 0.5) is 0 Å². The van der Waals surface area contributed by atoms with E-state index in [0.717, 1.165) is 55.4 Å². The number of rotatable bonds is 3. The molecule has 3 nitrogen and oxygen atoms in total. The molecule has 0 saturated heterocycles. The Hall–Kier alpha value is -4.37. The molecule has 0 saturated carbocycles. The van der Waals surface area contributed by atoms with E-state index in [1.807, 2.05) is 24.5 Å². The van der Waals surface area contributed by atoms with E-state index in [1.165, 1.54) is 5.56 Å². The summed E-state index contributed by atoms with van der Waals surface area (Å²) in [4.78, 5) is 14.5.